The monoisotopic (exact) mass is 402 g/mol. The molecule has 6 nitrogen and oxygen atoms in total. The van der Waals surface area contributed by atoms with Crippen LogP contribution in [0.3, 0.4) is 0 Å². The van der Waals surface area contributed by atoms with Gasteiger partial charge in [-0.05, 0) is 46.6 Å². The highest BCUT2D eigenvalue weighted by Crippen LogP contribution is 2.28. The Kier molecular flexibility index (Phi) is 7.33. The molecule has 0 fully saturated rings. The molecule has 1 N–H and O–H groups in total. The third kappa shape index (κ3) is 5.78. The quantitative estimate of drug-likeness (QED) is 0.386. The van der Waals surface area contributed by atoms with Crippen LogP contribution in [-0.2, 0) is 11.2 Å². The van der Waals surface area contributed by atoms with Crippen molar-refractivity contribution in [2.45, 2.75) is 6.42 Å². The van der Waals surface area contributed by atoms with Gasteiger partial charge in [-0.2, -0.15) is 0 Å². The van der Waals surface area contributed by atoms with Crippen molar-refractivity contribution in [1.82, 2.24) is 0 Å². The van der Waals surface area contributed by atoms with Crippen molar-refractivity contribution in [1.29, 1.82) is 0 Å². The summed E-state index contributed by atoms with van der Waals surface area (Å²) < 4.78 is 10.9. The molecule has 0 spiro atoms. The van der Waals surface area contributed by atoms with Crippen molar-refractivity contribution in [2.75, 3.05) is 19.0 Å². The molecule has 0 radical (unpaired) electrons. The van der Waals surface area contributed by atoms with Gasteiger partial charge in [0, 0.05) is 12.5 Å². The molecular weight excluding hydrogens is 380 g/mol. The molecule has 6 heteroatoms. The molecule has 0 bridgehead atoms. The predicted molar refractivity (Wildman–Crippen MR) is 118 cm³/mol. The molecule has 3 aromatic carbocycles. The maximum atomic E-state index is 12.3. The van der Waals surface area contributed by atoms with Gasteiger partial charge in [0.2, 0.25) is 5.91 Å². The largest absolute Gasteiger partial charge is 0.494 e. The fourth-order valence-electron chi connectivity index (χ4n) is 2.85. The Morgan fingerprint density at radius 1 is 1.00 bits per heavy atom. The molecule has 0 aliphatic heterocycles. The van der Waals surface area contributed by atoms with Gasteiger partial charge in [0.15, 0.2) is 0 Å². The van der Waals surface area contributed by atoms with Crippen LogP contribution < -0.4 is 14.8 Å². The zero-order valence-corrected chi connectivity index (χ0v) is 16.6. The number of nitrogens with one attached hydrogen (secondary N) is 1. The van der Waals surface area contributed by atoms with Crippen LogP contribution in [0.1, 0.15) is 11.1 Å². The molecule has 0 saturated heterocycles. The first-order chi connectivity index (χ1) is 14.7. The van der Waals surface area contributed by atoms with E-state index in [-0.39, 0.29) is 11.6 Å². The molecular formula is C24H22N2O4. The van der Waals surface area contributed by atoms with E-state index >= 15 is 0 Å². The minimum atomic E-state index is -0.314. The highest BCUT2D eigenvalue weighted by atomic mass is 16.5. The third-order valence-electron chi connectivity index (χ3n) is 4.36. The summed E-state index contributed by atoms with van der Waals surface area (Å²) in [7, 11) is 1.46. The van der Waals surface area contributed by atoms with Crippen LogP contribution >= 0.6 is 0 Å². The van der Waals surface area contributed by atoms with Gasteiger partial charge in [0.05, 0.1) is 19.4 Å². The normalized spacial score (nSPS) is 10.6. The number of hydrogen-bond donors (Lipinski definition) is 1. The van der Waals surface area contributed by atoms with Gasteiger partial charge in [-0.15, -0.1) is 4.91 Å². The minimum Gasteiger partial charge on any atom is -0.494 e. The highest BCUT2D eigenvalue weighted by Gasteiger charge is 2.07. The lowest BCUT2D eigenvalue weighted by Gasteiger charge is -2.11. The summed E-state index contributed by atoms with van der Waals surface area (Å²) in [5.41, 5.74) is 2.61. The molecule has 3 rings (SSSR count). The van der Waals surface area contributed by atoms with E-state index in [4.69, 9.17) is 9.47 Å². The Morgan fingerprint density at radius 3 is 2.53 bits per heavy atom. The number of ether oxygens (including phenoxy) is 2. The summed E-state index contributed by atoms with van der Waals surface area (Å²) in [6.45, 7) is 0.500. The number of amides is 1. The molecule has 0 aromatic heterocycles. The maximum absolute atomic E-state index is 12.3. The van der Waals surface area contributed by atoms with Gasteiger partial charge in [0.25, 0.3) is 0 Å². The van der Waals surface area contributed by atoms with Crippen LogP contribution in [0.2, 0.25) is 0 Å². The van der Waals surface area contributed by atoms with Crippen LogP contribution in [0.4, 0.5) is 11.4 Å². The maximum Gasteiger partial charge on any atom is 0.248 e. The summed E-state index contributed by atoms with van der Waals surface area (Å²) in [6.07, 6.45) is 3.76. The first kappa shape index (κ1) is 20.8. The lowest BCUT2D eigenvalue weighted by Crippen LogP contribution is -2.10. The van der Waals surface area contributed by atoms with E-state index in [0.717, 1.165) is 6.42 Å². The van der Waals surface area contributed by atoms with Crippen LogP contribution in [0, 0.1) is 4.91 Å². The van der Waals surface area contributed by atoms with Crippen molar-refractivity contribution >= 4 is 23.4 Å². The van der Waals surface area contributed by atoms with Crippen molar-refractivity contribution in [3.63, 3.8) is 0 Å². The second-order valence-electron chi connectivity index (χ2n) is 6.43. The number of benzene rings is 3. The Morgan fingerprint density at radius 2 is 1.77 bits per heavy atom. The minimum absolute atomic E-state index is 0.178. The fraction of sp³-hybridized carbons (Fsp3) is 0.125. The van der Waals surface area contributed by atoms with Crippen molar-refractivity contribution < 1.29 is 14.3 Å². The van der Waals surface area contributed by atoms with E-state index in [2.05, 4.69) is 10.5 Å². The lowest BCUT2D eigenvalue weighted by molar-refractivity contribution is -0.111. The Hall–Kier alpha value is -3.93. The van der Waals surface area contributed by atoms with E-state index in [0.29, 0.717) is 29.4 Å². The van der Waals surface area contributed by atoms with Gasteiger partial charge in [-0.1, -0.05) is 48.5 Å². The van der Waals surface area contributed by atoms with Crippen LogP contribution in [0.5, 0.6) is 11.5 Å². The Balaban J connectivity index is 1.61. The Bertz CT molecular complexity index is 1030. The second-order valence-corrected chi connectivity index (χ2v) is 6.43. The zero-order valence-electron chi connectivity index (χ0n) is 16.6. The lowest BCUT2D eigenvalue weighted by atomic mass is 10.1. The number of rotatable bonds is 9. The molecule has 0 aliphatic rings. The number of nitrogens with zero attached hydrogens (tertiary/aromatic N) is 1. The highest BCUT2D eigenvalue weighted by molar-refractivity contribution is 6.02. The third-order valence-corrected chi connectivity index (χ3v) is 4.36. The molecule has 1 amide bonds. The average Bonchev–Trinajstić information content (AvgIpc) is 2.79. The number of para-hydroxylation sites is 2. The average molecular weight is 402 g/mol. The predicted octanol–water partition coefficient (Wildman–Crippen LogP) is 5.37. The van der Waals surface area contributed by atoms with E-state index in [1.807, 2.05) is 48.5 Å². The van der Waals surface area contributed by atoms with E-state index in [9.17, 15) is 9.70 Å². The molecule has 0 unspecified atom stereocenters. The molecule has 3 aromatic rings. The summed E-state index contributed by atoms with van der Waals surface area (Å²) >= 11 is 0. The van der Waals surface area contributed by atoms with E-state index < -0.39 is 0 Å². The Labute approximate surface area is 175 Å². The standard InChI is InChI=1S/C24H22N2O4/c1-29-22-13-11-19(17-21(22)26-28)12-14-24(27)25-20-9-5-6-10-23(20)30-16-15-18-7-3-2-4-8-18/h2-14,17H,15-16H2,1H3,(H,25,27)/b14-12+. The summed E-state index contributed by atoms with van der Waals surface area (Å²) in [5.74, 6) is 0.672. The van der Waals surface area contributed by atoms with Gasteiger partial charge in [-0.25, -0.2) is 0 Å². The number of nitroso groups, excluding NO2 is 1. The number of anilines is 1. The van der Waals surface area contributed by atoms with Crippen molar-refractivity contribution in [3.05, 3.63) is 94.9 Å². The van der Waals surface area contributed by atoms with Crippen LogP contribution in [0.25, 0.3) is 6.08 Å². The van der Waals surface area contributed by atoms with Crippen LogP contribution in [-0.4, -0.2) is 19.6 Å². The second kappa shape index (κ2) is 10.6. The number of carbonyl (C=O) groups is 1. The number of hydrogen-bond acceptors (Lipinski definition) is 5. The summed E-state index contributed by atoms with van der Waals surface area (Å²) in [5, 5.41) is 5.75. The fourth-order valence-corrected chi connectivity index (χ4v) is 2.85. The topological polar surface area (TPSA) is 77.0 Å². The van der Waals surface area contributed by atoms with Gasteiger partial charge < -0.3 is 14.8 Å². The first-order valence-corrected chi connectivity index (χ1v) is 9.46. The van der Waals surface area contributed by atoms with E-state index in [1.165, 1.54) is 18.7 Å². The number of methoxy groups -OCH3 is 1. The van der Waals surface area contributed by atoms with Crippen molar-refractivity contribution in [3.8, 4) is 11.5 Å². The zero-order chi connectivity index (χ0) is 21.2. The molecule has 0 heterocycles. The van der Waals surface area contributed by atoms with Crippen molar-refractivity contribution in [2.24, 2.45) is 5.18 Å². The van der Waals surface area contributed by atoms with Crippen LogP contribution in [0.15, 0.2) is 84.0 Å². The van der Waals surface area contributed by atoms with Gasteiger partial charge >= 0.3 is 0 Å². The SMILES string of the molecule is COc1ccc(/C=C/C(=O)Nc2ccccc2OCCc2ccccc2)cc1N=O. The smallest absolute Gasteiger partial charge is 0.248 e. The molecule has 0 aliphatic carbocycles. The molecule has 152 valence electrons. The molecule has 30 heavy (non-hydrogen) atoms. The summed E-state index contributed by atoms with van der Waals surface area (Å²) in [4.78, 5) is 23.2. The first-order valence-electron chi connectivity index (χ1n) is 9.46. The molecule has 0 atom stereocenters. The van der Waals surface area contributed by atoms with Gasteiger partial charge in [-0.3, -0.25) is 4.79 Å². The van der Waals surface area contributed by atoms with Gasteiger partial charge in [0.1, 0.15) is 17.2 Å². The van der Waals surface area contributed by atoms with E-state index in [1.54, 1.807) is 30.3 Å². The summed E-state index contributed by atoms with van der Waals surface area (Å²) in [6, 6.07) is 22.3. The number of carbonyl (C=O) groups excluding carboxylic acids is 1. The molecule has 0 saturated carbocycles.